The van der Waals surface area contributed by atoms with Gasteiger partial charge in [-0.05, 0) is 63.1 Å². The van der Waals surface area contributed by atoms with Crippen molar-refractivity contribution >= 4 is 15.9 Å². The molecule has 0 atom stereocenters. The van der Waals surface area contributed by atoms with Gasteiger partial charge in [0.05, 0.1) is 17.1 Å². The third-order valence-corrected chi connectivity index (χ3v) is 7.42. The first-order valence-electron chi connectivity index (χ1n) is 10.8. The van der Waals surface area contributed by atoms with Gasteiger partial charge in [-0.1, -0.05) is 0 Å². The van der Waals surface area contributed by atoms with E-state index in [-0.39, 0.29) is 29.5 Å². The van der Waals surface area contributed by atoms with Gasteiger partial charge in [-0.25, -0.2) is 17.8 Å². The molecule has 1 aliphatic heterocycles. The van der Waals surface area contributed by atoms with Gasteiger partial charge in [0, 0.05) is 37.0 Å². The van der Waals surface area contributed by atoms with E-state index < -0.39 is 10.0 Å². The van der Waals surface area contributed by atoms with E-state index >= 15 is 0 Å². The summed E-state index contributed by atoms with van der Waals surface area (Å²) in [6.45, 7) is 5.19. The zero-order valence-electron chi connectivity index (χ0n) is 18.6. The molecule has 0 bridgehead atoms. The number of amides is 1. The molecule has 0 unspecified atom stereocenters. The molecule has 0 radical (unpaired) electrons. The first-order chi connectivity index (χ1) is 15.8. The van der Waals surface area contributed by atoms with Crippen LogP contribution in [0.3, 0.4) is 0 Å². The normalized spacial score (nSPS) is 14.5. The molecule has 2 aromatic heterocycles. The minimum atomic E-state index is -3.52. The zero-order valence-corrected chi connectivity index (χ0v) is 19.4. The van der Waals surface area contributed by atoms with Gasteiger partial charge < -0.3 is 5.32 Å². The molecular weight excluding hydrogens is 444 g/mol. The Labute approximate surface area is 191 Å². The Morgan fingerprint density at radius 1 is 1.03 bits per heavy atom. The minimum absolute atomic E-state index is 0.178. The molecule has 1 aromatic carbocycles. The van der Waals surface area contributed by atoms with E-state index in [1.54, 1.807) is 10.7 Å². The Balaban J connectivity index is 1.39. The second kappa shape index (κ2) is 9.28. The molecule has 0 aliphatic carbocycles. The highest BCUT2D eigenvalue weighted by molar-refractivity contribution is 7.89. The summed E-state index contributed by atoms with van der Waals surface area (Å²) in [4.78, 5) is 24.8. The van der Waals surface area contributed by atoms with Gasteiger partial charge in [0.25, 0.3) is 11.5 Å². The summed E-state index contributed by atoms with van der Waals surface area (Å²) in [5, 5.41) is 11.5. The number of rotatable bonds is 7. The smallest absolute Gasteiger partial charge is 0.266 e. The molecule has 0 saturated carbocycles. The quantitative estimate of drug-likeness (QED) is 0.555. The van der Waals surface area contributed by atoms with Gasteiger partial charge in [0.15, 0.2) is 5.82 Å². The van der Waals surface area contributed by atoms with Crippen molar-refractivity contribution in [2.45, 2.75) is 38.1 Å². The van der Waals surface area contributed by atoms with Crippen LogP contribution in [0.4, 0.5) is 0 Å². The second-order valence-corrected chi connectivity index (χ2v) is 9.92. The Morgan fingerprint density at radius 3 is 2.36 bits per heavy atom. The molecule has 1 amide bonds. The van der Waals surface area contributed by atoms with Crippen molar-refractivity contribution in [1.29, 1.82) is 0 Å². The lowest BCUT2D eigenvalue weighted by atomic mass is 10.2. The predicted molar refractivity (Wildman–Crippen MR) is 122 cm³/mol. The molecule has 1 saturated heterocycles. The van der Waals surface area contributed by atoms with Crippen LogP contribution in [0.5, 0.6) is 0 Å². The van der Waals surface area contributed by atoms with Gasteiger partial charge >= 0.3 is 0 Å². The Bertz CT molecular complexity index is 1320. The lowest BCUT2D eigenvalue weighted by Gasteiger charge is -2.15. The molecule has 1 aliphatic rings. The van der Waals surface area contributed by atoms with Crippen LogP contribution in [0, 0.1) is 13.8 Å². The Kier molecular flexibility index (Phi) is 6.43. The van der Waals surface area contributed by atoms with Crippen molar-refractivity contribution < 1.29 is 13.2 Å². The molecule has 3 aromatic rings. The maximum Gasteiger partial charge on any atom is 0.266 e. The van der Waals surface area contributed by atoms with Crippen LogP contribution >= 0.6 is 0 Å². The van der Waals surface area contributed by atoms with Crippen LogP contribution in [0.15, 0.2) is 52.2 Å². The fourth-order valence-corrected chi connectivity index (χ4v) is 5.32. The summed E-state index contributed by atoms with van der Waals surface area (Å²) in [5.41, 5.74) is 1.80. The summed E-state index contributed by atoms with van der Waals surface area (Å²) < 4.78 is 29.6. The molecule has 1 N–H and O–H groups in total. The lowest BCUT2D eigenvalue weighted by Crippen LogP contribution is -2.32. The lowest BCUT2D eigenvalue weighted by molar-refractivity contribution is 0.0951. The van der Waals surface area contributed by atoms with Gasteiger partial charge in [-0.15, -0.1) is 5.10 Å². The van der Waals surface area contributed by atoms with Gasteiger partial charge in [-0.2, -0.15) is 9.40 Å². The van der Waals surface area contributed by atoms with E-state index in [1.165, 1.54) is 39.3 Å². The SMILES string of the molecule is Cc1cc(C)n(-c2ccc(=O)n(CCNC(=O)c3ccc(S(=O)(=O)N4CCCC4)cc3)n2)n1. The maximum absolute atomic E-state index is 12.6. The number of nitrogens with one attached hydrogen (secondary N) is 1. The third-order valence-electron chi connectivity index (χ3n) is 5.51. The Hall–Kier alpha value is -3.31. The largest absolute Gasteiger partial charge is 0.350 e. The highest BCUT2D eigenvalue weighted by Crippen LogP contribution is 2.21. The number of carbonyl (C=O) groups excluding carboxylic acids is 1. The van der Waals surface area contributed by atoms with E-state index in [0.29, 0.717) is 24.5 Å². The van der Waals surface area contributed by atoms with E-state index in [4.69, 9.17) is 0 Å². The van der Waals surface area contributed by atoms with Crippen LogP contribution in [-0.2, 0) is 16.6 Å². The topological polar surface area (TPSA) is 119 Å². The van der Waals surface area contributed by atoms with Crippen LogP contribution < -0.4 is 10.9 Å². The molecule has 11 heteroatoms. The van der Waals surface area contributed by atoms with Gasteiger partial charge in [0.2, 0.25) is 10.0 Å². The summed E-state index contributed by atoms with van der Waals surface area (Å²) >= 11 is 0. The predicted octanol–water partition coefficient (Wildman–Crippen LogP) is 1.26. The summed E-state index contributed by atoms with van der Waals surface area (Å²) in [5.74, 6) is 0.157. The second-order valence-electron chi connectivity index (χ2n) is 7.98. The monoisotopic (exact) mass is 470 g/mol. The molecule has 10 nitrogen and oxygen atoms in total. The minimum Gasteiger partial charge on any atom is -0.350 e. The number of carbonyl (C=O) groups is 1. The first kappa shape index (κ1) is 22.9. The van der Waals surface area contributed by atoms with Gasteiger partial charge in [0.1, 0.15) is 0 Å². The molecular formula is C22H26N6O4S. The van der Waals surface area contributed by atoms with Crippen LogP contribution in [0.2, 0.25) is 0 Å². The number of sulfonamides is 1. The molecule has 1 fully saturated rings. The number of benzene rings is 1. The highest BCUT2D eigenvalue weighted by atomic mass is 32.2. The standard InChI is InChI=1S/C22H26N6O4S/c1-16-15-17(2)28(24-16)20-9-10-21(29)27(25-20)14-11-23-22(30)18-5-7-19(8-6-18)33(31,32)26-12-3-4-13-26/h5-10,15H,3-4,11-14H2,1-2H3,(H,23,30). The van der Waals surface area contributed by atoms with Crippen molar-refractivity contribution in [3.8, 4) is 5.82 Å². The molecule has 0 spiro atoms. The van der Waals surface area contributed by atoms with Crippen molar-refractivity contribution in [2.24, 2.45) is 0 Å². The molecule has 174 valence electrons. The fraction of sp³-hybridized carbons (Fsp3) is 0.364. The average molecular weight is 471 g/mol. The van der Waals surface area contributed by atoms with Crippen molar-refractivity contribution in [1.82, 2.24) is 29.2 Å². The number of hydrogen-bond donors (Lipinski definition) is 1. The first-order valence-corrected chi connectivity index (χ1v) is 12.2. The van der Waals surface area contributed by atoms with Crippen LogP contribution in [0.25, 0.3) is 5.82 Å². The third kappa shape index (κ3) is 4.88. The van der Waals surface area contributed by atoms with E-state index in [2.05, 4.69) is 15.5 Å². The fourth-order valence-electron chi connectivity index (χ4n) is 3.81. The average Bonchev–Trinajstić information content (AvgIpc) is 3.45. The molecule has 3 heterocycles. The van der Waals surface area contributed by atoms with Crippen LogP contribution in [0.1, 0.15) is 34.6 Å². The maximum atomic E-state index is 12.6. The van der Waals surface area contributed by atoms with E-state index in [9.17, 15) is 18.0 Å². The summed E-state index contributed by atoms with van der Waals surface area (Å²) in [7, 11) is -3.52. The number of aromatic nitrogens is 4. The number of hydrogen-bond acceptors (Lipinski definition) is 6. The zero-order chi connectivity index (χ0) is 23.6. The number of nitrogens with zero attached hydrogens (tertiary/aromatic N) is 5. The molecule has 4 rings (SSSR count). The van der Waals surface area contributed by atoms with Crippen molar-refractivity contribution in [2.75, 3.05) is 19.6 Å². The van der Waals surface area contributed by atoms with Crippen molar-refractivity contribution in [3.63, 3.8) is 0 Å². The molecule has 33 heavy (non-hydrogen) atoms. The summed E-state index contributed by atoms with van der Waals surface area (Å²) in [6.07, 6.45) is 1.73. The van der Waals surface area contributed by atoms with E-state index in [0.717, 1.165) is 24.2 Å². The highest BCUT2D eigenvalue weighted by Gasteiger charge is 2.27. The Morgan fingerprint density at radius 2 is 1.73 bits per heavy atom. The van der Waals surface area contributed by atoms with Crippen LogP contribution in [-0.4, -0.2) is 57.8 Å². The van der Waals surface area contributed by atoms with E-state index in [1.807, 2.05) is 19.9 Å². The summed E-state index contributed by atoms with van der Waals surface area (Å²) in [6, 6.07) is 10.8. The van der Waals surface area contributed by atoms with Gasteiger partial charge in [-0.3, -0.25) is 9.59 Å². The van der Waals surface area contributed by atoms with Crippen molar-refractivity contribution in [3.05, 3.63) is 69.8 Å². The number of aryl methyl sites for hydroxylation is 2.